The molecule has 18 heteroatoms. The van der Waals surface area contributed by atoms with E-state index in [1.54, 1.807) is 26.0 Å². The lowest BCUT2D eigenvalue weighted by molar-refractivity contribution is -0.143. The lowest BCUT2D eigenvalue weighted by Crippen LogP contribution is -2.60. The van der Waals surface area contributed by atoms with Gasteiger partial charge in [-0.2, -0.15) is 0 Å². The minimum atomic E-state index is -1.59. The van der Waals surface area contributed by atoms with Crippen molar-refractivity contribution in [2.24, 2.45) is 34.0 Å². The van der Waals surface area contributed by atoms with Gasteiger partial charge in [0.15, 0.2) is 5.96 Å². The first-order chi connectivity index (χ1) is 25.6. The third-order valence-electron chi connectivity index (χ3n) is 9.07. The lowest BCUT2D eigenvalue weighted by atomic mass is 9.87. The molecule has 1 aliphatic carbocycles. The molecule has 0 radical (unpaired) electrons. The van der Waals surface area contributed by atoms with E-state index in [9.17, 15) is 43.8 Å². The molecule has 1 saturated carbocycles. The highest BCUT2D eigenvalue weighted by Gasteiger charge is 2.33. The van der Waals surface area contributed by atoms with Crippen molar-refractivity contribution in [3.05, 3.63) is 35.9 Å². The van der Waals surface area contributed by atoms with Crippen LogP contribution < -0.4 is 43.8 Å². The zero-order valence-corrected chi connectivity index (χ0v) is 31.1. The fourth-order valence-electron chi connectivity index (χ4n) is 6.07. The Bertz CT molecular complexity index is 1450. The molecule has 2 rings (SSSR count). The largest absolute Gasteiger partial charge is 0.480 e. The first kappa shape index (κ1) is 44.9. The number of nitrogens with two attached hydrogens (primary N) is 3. The number of nitrogens with zero attached hydrogens (tertiary/aromatic N) is 1. The summed E-state index contributed by atoms with van der Waals surface area (Å²) in [6.07, 6.45) is 5.13. The SMILES string of the molecule is CC(C)[C@H](NC(=O)[C@H](CO)NC(=O)[C@H](CCCN=C(N)N)NC(=O)[C@H](Cc1ccccc1)NC(=O)CC1CCCCC1)C(=O)N[C@@H](CCC(N)=O)C(=O)O. The quantitative estimate of drug-likeness (QED) is 0.0354. The van der Waals surface area contributed by atoms with E-state index >= 15 is 0 Å². The highest BCUT2D eigenvalue weighted by Crippen LogP contribution is 2.26. The summed E-state index contributed by atoms with van der Waals surface area (Å²) < 4.78 is 0. The van der Waals surface area contributed by atoms with Crippen molar-refractivity contribution in [3.63, 3.8) is 0 Å². The fraction of sp³-hybridized carbons (Fsp3) is 0.611. The van der Waals surface area contributed by atoms with Crippen LogP contribution in [0.1, 0.15) is 83.6 Å². The molecule has 13 N–H and O–H groups in total. The normalized spacial score (nSPS) is 15.7. The van der Waals surface area contributed by atoms with Crippen molar-refractivity contribution in [1.29, 1.82) is 0 Å². The van der Waals surface area contributed by atoms with Crippen molar-refractivity contribution >= 4 is 47.4 Å². The van der Waals surface area contributed by atoms with E-state index in [4.69, 9.17) is 17.2 Å². The van der Waals surface area contributed by atoms with E-state index < -0.39 is 78.2 Å². The number of rotatable bonds is 23. The smallest absolute Gasteiger partial charge is 0.326 e. The summed E-state index contributed by atoms with van der Waals surface area (Å²) in [4.78, 5) is 93.8. The molecule has 6 amide bonds. The summed E-state index contributed by atoms with van der Waals surface area (Å²) >= 11 is 0. The predicted molar refractivity (Wildman–Crippen MR) is 199 cm³/mol. The van der Waals surface area contributed by atoms with E-state index in [1.807, 2.05) is 18.2 Å². The third kappa shape index (κ3) is 16.6. The van der Waals surface area contributed by atoms with Crippen molar-refractivity contribution in [2.45, 2.75) is 115 Å². The van der Waals surface area contributed by atoms with E-state index in [2.05, 4.69) is 31.6 Å². The lowest BCUT2D eigenvalue weighted by Gasteiger charge is -2.27. The highest BCUT2D eigenvalue weighted by atomic mass is 16.4. The van der Waals surface area contributed by atoms with Gasteiger partial charge in [-0.1, -0.05) is 63.4 Å². The van der Waals surface area contributed by atoms with Gasteiger partial charge in [-0.3, -0.25) is 33.8 Å². The van der Waals surface area contributed by atoms with E-state index in [0.717, 1.165) is 37.7 Å². The summed E-state index contributed by atoms with van der Waals surface area (Å²) in [5.41, 5.74) is 16.7. The molecule has 0 spiro atoms. The number of aliphatic imine (C=N–C) groups is 1. The topological polar surface area (TPSA) is 311 Å². The molecule has 0 bridgehead atoms. The van der Waals surface area contributed by atoms with Gasteiger partial charge < -0.3 is 54.0 Å². The first-order valence-electron chi connectivity index (χ1n) is 18.3. The number of benzene rings is 1. The van der Waals surface area contributed by atoms with Crippen molar-refractivity contribution in [1.82, 2.24) is 26.6 Å². The maximum atomic E-state index is 13.8. The summed E-state index contributed by atoms with van der Waals surface area (Å²) in [6.45, 7) is 2.37. The molecule has 0 aromatic heterocycles. The predicted octanol–water partition coefficient (Wildman–Crippen LogP) is -1.32. The number of carbonyl (C=O) groups is 7. The molecule has 0 heterocycles. The molecule has 1 aliphatic rings. The summed E-state index contributed by atoms with van der Waals surface area (Å²) in [7, 11) is 0. The number of carboxylic acids is 1. The Morgan fingerprint density at radius 2 is 1.35 bits per heavy atom. The standard InChI is InChI=1S/C36H57N9O9/c1-21(2)30(34(52)43-25(35(53)54)15-16-28(37)47)45-33(51)27(20-46)44-31(49)24(14-9-17-40-36(38)39)42-32(50)26(18-22-10-5-3-6-11-22)41-29(48)19-23-12-7-4-8-13-23/h3,5-6,10-11,21,23-27,30,46H,4,7-9,12-20H2,1-2H3,(H2,37,47)(H,41,48)(H,42,50)(H,43,52)(H,44,49)(H,45,51)(H,53,54)(H4,38,39,40)/t24-,25-,26-,27-,30-/m0/s1. The molecule has 5 atom stereocenters. The number of amides is 6. The number of guanidine groups is 1. The molecule has 18 nitrogen and oxygen atoms in total. The van der Waals surface area contributed by atoms with E-state index in [0.29, 0.717) is 0 Å². The second-order valence-corrected chi connectivity index (χ2v) is 13.9. The van der Waals surface area contributed by atoms with Gasteiger partial charge in [0.2, 0.25) is 35.4 Å². The average Bonchev–Trinajstić information content (AvgIpc) is 3.12. The van der Waals surface area contributed by atoms with Gasteiger partial charge in [0, 0.05) is 25.8 Å². The summed E-state index contributed by atoms with van der Waals surface area (Å²) in [6, 6.07) is 2.36. The molecular weight excluding hydrogens is 702 g/mol. The zero-order valence-electron chi connectivity index (χ0n) is 31.1. The first-order valence-corrected chi connectivity index (χ1v) is 18.3. The Hall–Kier alpha value is -5.26. The molecule has 0 aliphatic heterocycles. The van der Waals surface area contributed by atoms with Gasteiger partial charge in [0.05, 0.1) is 6.61 Å². The Balaban J connectivity index is 2.24. The Kier molecular flexibility index (Phi) is 19.5. The van der Waals surface area contributed by atoms with E-state index in [1.165, 1.54) is 0 Å². The van der Waals surface area contributed by atoms with Gasteiger partial charge in [-0.25, -0.2) is 4.79 Å². The number of hydrogen-bond acceptors (Lipinski definition) is 9. The van der Waals surface area contributed by atoms with Crippen LogP contribution >= 0.6 is 0 Å². The van der Waals surface area contributed by atoms with Crippen molar-refractivity contribution in [2.75, 3.05) is 13.2 Å². The van der Waals surface area contributed by atoms with Crippen LogP contribution in [-0.4, -0.2) is 101 Å². The fourth-order valence-corrected chi connectivity index (χ4v) is 6.07. The maximum Gasteiger partial charge on any atom is 0.326 e. The second kappa shape index (κ2) is 23.4. The number of hydrogen-bond donors (Lipinski definition) is 10. The number of primary amides is 1. The van der Waals surface area contributed by atoms with Crippen LogP contribution in [0.5, 0.6) is 0 Å². The number of aliphatic carboxylic acids is 1. The average molecular weight is 760 g/mol. The molecule has 54 heavy (non-hydrogen) atoms. The summed E-state index contributed by atoms with van der Waals surface area (Å²) in [5.74, 6) is -6.33. The monoisotopic (exact) mass is 759 g/mol. The number of aliphatic hydroxyl groups excluding tert-OH is 1. The van der Waals surface area contributed by atoms with Crippen LogP contribution in [0, 0.1) is 11.8 Å². The number of carbonyl (C=O) groups excluding carboxylic acids is 6. The van der Waals surface area contributed by atoms with Gasteiger partial charge in [0.25, 0.3) is 0 Å². The van der Waals surface area contributed by atoms with Crippen LogP contribution in [0.4, 0.5) is 0 Å². The third-order valence-corrected chi connectivity index (χ3v) is 9.07. The molecule has 1 fully saturated rings. The Labute approximate surface area is 315 Å². The number of nitrogens with one attached hydrogen (secondary N) is 5. The van der Waals surface area contributed by atoms with Gasteiger partial charge in [0.1, 0.15) is 30.2 Å². The van der Waals surface area contributed by atoms with Gasteiger partial charge >= 0.3 is 5.97 Å². The van der Waals surface area contributed by atoms with Crippen molar-refractivity contribution in [3.8, 4) is 0 Å². The van der Waals surface area contributed by atoms with Crippen LogP contribution in [-0.2, 0) is 40.0 Å². The van der Waals surface area contributed by atoms with Gasteiger partial charge in [-0.05, 0) is 49.5 Å². The Morgan fingerprint density at radius 1 is 0.759 bits per heavy atom. The molecule has 1 aromatic rings. The maximum absolute atomic E-state index is 13.8. The number of carboxylic acid groups (broad SMARTS) is 1. The minimum Gasteiger partial charge on any atom is -0.480 e. The Morgan fingerprint density at radius 3 is 1.93 bits per heavy atom. The highest BCUT2D eigenvalue weighted by molar-refractivity contribution is 5.96. The minimum absolute atomic E-state index is 0.00109. The number of aliphatic hydroxyl groups is 1. The van der Waals surface area contributed by atoms with Crippen LogP contribution in [0.25, 0.3) is 0 Å². The molecule has 300 valence electrons. The van der Waals surface area contributed by atoms with Crippen LogP contribution in [0.15, 0.2) is 35.3 Å². The second-order valence-electron chi connectivity index (χ2n) is 13.9. The molecule has 1 aromatic carbocycles. The molecular formula is C36H57N9O9. The van der Waals surface area contributed by atoms with Crippen LogP contribution in [0.2, 0.25) is 0 Å². The van der Waals surface area contributed by atoms with Crippen molar-refractivity contribution < 1.29 is 43.8 Å². The van der Waals surface area contributed by atoms with E-state index in [-0.39, 0.29) is 62.9 Å². The van der Waals surface area contributed by atoms with Crippen LogP contribution in [0.3, 0.4) is 0 Å². The zero-order chi connectivity index (χ0) is 40.2. The summed E-state index contributed by atoms with van der Waals surface area (Å²) in [5, 5.41) is 32.3. The van der Waals surface area contributed by atoms with Gasteiger partial charge in [-0.15, -0.1) is 0 Å². The molecule has 0 unspecified atom stereocenters. The molecule has 0 saturated heterocycles.